The molecule has 2 atom stereocenters. The average Bonchev–Trinajstić information content (AvgIpc) is 2.76. The maximum absolute atomic E-state index is 13.2. The number of nitrogens with zero attached hydrogens (tertiary/aromatic N) is 3. The van der Waals surface area contributed by atoms with Gasteiger partial charge >= 0.3 is 0 Å². The molecule has 0 spiro atoms. The number of carbonyl (C=O) groups is 2. The van der Waals surface area contributed by atoms with Gasteiger partial charge in [-0.15, -0.1) is 0 Å². The van der Waals surface area contributed by atoms with Gasteiger partial charge in [0.2, 0.25) is 5.91 Å². The van der Waals surface area contributed by atoms with Crippen LogP contribution in [0, 0.1) is 12.8 Å². The Balaban J connectivity index is 1.36. The van der Waals surface area contributed by atoms with Gasteiger partial charge in [-0.2, -0.15) is 0 Å². The molecule has 2 aromatic rings. The zero-order valence-corrected chi connectivity index (χ0v) is 17.8. The second-order valence-corrected chi connectivity index (χ2v) is 9.13. The average molecular weight is 421 g/mol. The van der Waals surface area contributed by atoms with Crippen LogP contribution in [0.3, 0.4) is 0 Å². The summed E-state index contributed by atoms with van der Waals surface area (Å²) in [5, 5.41) is 2.82. The number of carbonyl (C=O) groups excluding carboxylic acids is 2. The Hall–Kier alpha value is -2.93. The Morgan fingerprint density at radius 3 is 2.65 bits per heavy atom. The van der Waals surface area contributed by atoms with Crippen molar-refractivity contribution >= 4 is 11.8 Å². The quantitative estimate of drug-likeness (QED) is 0.814. The first-order chi connectivity index (χ1) is 15.0. The number of fused-ring (bicyclic) bond motifs is 4. The summed E-state index contributed by atoms with van der Waals surface area (Å²) in [5.41, 5.74) is 3.69. The van der Waals surface area contributed by atoms with Crippen LogP contribution in [0.15, 0.2) is 41.2 Å². The fourth-order valence-electron chi connectivity index (χ4n) is 5.22. The van der Waals surface area contributed by atoms with Crippen molar-refractivity contribution in [3.8, 4) is 0 Å². The van der Waals surface area contributed by atoms with E-state index in [9.17, 15) is 14.4 Å². The van der Waals surface area contributed by atoms with E-state index in [-0.39, 0.29) is 29.2 Å². The minimum atomic E-state index is 0.0113. The molecule has 31 heavy (non-hydrogen) atoms. The molecule has 2 amide bonds. The van der Waals surface area contributed by atoms with Crippen molar-refractivity contribution in [2.75, 3.05) is 32.7 Å². The van der Waals surface area contributed by atoms with Crippen molar-refractivity contribution in [2.24, 2.45) is 5.92 Å². The van der Waals surface area contributed by atoms with Crippen LogP contribution < -0.4 is 10.9 Å². The van der Waals surface area contributed by atoms with Gasteiger partial charge in [-0.25, -0.2) is 0 Å². The van der Waals surface area contributed by atoms with Gasteiger partial charge in [-0.1, -0.05) is 23.8 Å². The molecular formula is C24H28N4O3. The summed E-state index contributed by atoms with van der Waals surface area (Å²) < 4.78 is 1.92. The Bertz CT molecular complexity index is 1080. The number of nitrogens with one attached hydrogen (secondary N) is 1. The molecule has 0 saturated carbocycles. The van der Waals surface area contributed by atoms with Gasteiger partial charge in [-0.3, -0.25) is 19.3 Å². The van der Waals surface area contributed by atoms with E-state index in [2.05, 4.69) is 11.4 Å². The topological polar surface area (TPSA) is 74.7 Å². The van der Waals surface area contributed by atoms with Crippen LogP contribution in [0.1, 0.15) is 39.5 Å². The zero-order valence-electron chi connectivity index (χ0n) is 17.8. The van der Waals surface area contributed by atoms with E-state index in [1.54, 1.807) is 0 Å². The predicted octanol–water partition coefficient (Wildman–Crippen LogP) is 1.35. The number of benzene rings is 1. The number of rotatable bonds is 3. The third-order valence-electron chi connectivity index (χ3n) is 6.78. The number of amides is 2. The van der Waals surface area contributed by atoms with Gasteiger partial charge in [0.1, 0.15) is 0 Å². The predicted molar refractivity (Wildman–Crippen MR) is 117 cm³/mol. The third kappa shape index (κ3) is 3.90. The first kappa shape index (κ1) is 20.0. The van der Waals surface area contributed by atoms with Crippen LogP contribution in [0.25, 0.3) is 0 Å². The lowest BCUT2D eigenvalue weighted by atomic mass is 9.82. The largest absolute Gasteiger partial charge is 0.354 e. The van der Waals surface area contributed by atoms with Crippen LogP contribution in [0.4, 0.5) is 0 Å². The monoisotopic (exact) mass is 420 g/mol. The molecule has 0 aliphatic carbocycles. The van der Waals surface area contributed by atoms with Crippen LogP contribution in [-0.4, -0.2) is 58.9 Å². The third-order valence-corrected chi connectivity index (χ3v) is 6.78. The lowest BCUT2D eigenvalue weighted by Gasteiger charge is -2.43. The van der Waals surface area contributed by atoms with Crippen molar-refractivity contribution in [3.05, 3.63) is 69.1 Å². The highest BCUT2D eigenvalue weighted by molar-refractivity contribution is 5.94. The number of aromatic nitrogens is 1. The molecule has 2 fully saturated rings. The van der Waals surface area contributed by atoms with E-state index in [1.807, 2.05) is 51.6 Å². The molecule has 7 nitrogen and oxygen atoms in total. The number of pyridine rings is 1. The molecule has 1 aromatic carbocycles. The maximum atomic E-state index is 13.2. The minimum absolute atomic E-state index is 0.0113. The van der Waals surface area contributed by atoms with Gasteiger partial charge in [0.25, 0.3) is 11.5 Å². The minimum Gasteiger partial charge on any atom is -0.354 e. The molecule has 2 saturated heterocycles. The van der Waals surface area contributed by atoms with Gasteiger partial charge < -0.3 is 14.8 Å². The highest BCUT2D eigenvalue weighted by Gasteiger charge is 2.37. The number of piperazine rings is 1. The summed E-state index contributed by atoms with van der Waals surface area (Å²) in [6, 6.07) is 11.7. The zero-order chi connectivity index (χ0) is 21.5. The van der Waals surface area contributed by atoms with Crippen molar-refractivity contribution in [3.63, 3.8) is 0 Å². The van der Waals surface area contributed by atoms with E-state index >= 15 is 0 Å². The first-order valence-corrected chi connectivity index (χ1v) is 11.1. The fourth-order valence-corrected chi connectivity index (χ4v) is 5.22. The Labute approximate surface area is 181 Å². The number of piperidine rings is 1. The summed E-state index contributed by atoms with van der Waals surface area (Å²) in [6.45, 7) is 6.22. The van der Waals surface area contributed by atoms with E-state index in [4.69, 9.17) is 0 Å². The van der Waals surface area contributed by atoms with Gasteiger partial charge in [0, 0.05) is 62.0 Å². The molecular weight excluding hydrogens is 392 g/mol. The van der Waals surface area contributed by atoms with Gasteiger partial charge in [0.05, 0.1) is 6.54 Å². The Morgan fingerprint density at radius 1 is 1.06 bits per heavy atom. The van der Waals surface area contributed by atoms with E-state index < -0.39 is 0 Å². The van der Waals surface area contributed by atoms with Crippen molar-refractivity contribution < 1.29 is 9.59 Å². The van der Waals surface area contributed by atoms with Crippen LogP contribution in [0.5, 0.6) is 0 Å². The molecule has 4 heterocycles. The van der Waals surface area contributed by atoms with Crippen molar-refractivity contribution in [1.82, 2.24) is 19.7 Å². The summed E-state index contributed by atoms with van der Waals surface area (Å²) in [5.74, 6) is 0.557. The van der Waals surface area contributed by atoms with E-state index in [1.165, 1.54) is 0 Å². The normalized spacial score (nSPS) is 23.3. The van der Waals surface area contributed by atoms with Crippen LogP contribution in [-0.2, 0) is 17.9 Å². The molecule has 5 rings (SSSR count). The maximum Gasteiger partial charge on any atom is 0.255 e. The molecule has 7 heteroatoms. The van der Waals surface area contributed by atoms with Crippen molar-refractivity contribution in [1.29, 1.82) is 0 Å². The number of hydrogen-bond donors (Lipinski definition) is 1. The van der Waals surface area contributed by atoms with Crippen LogP contribution >= 0.6 is 0 Å². The smallest absolute Gasteiger partial charge is 0.255 e. The lowest BCUT2D eigenvalue weighted by molar-refractivity contribution is -0.124. The number of likely N-dealkylation sites (tertiary alicyclic amines) is 1. The second-order valence-electron chi connectivity index (χ2n) is 9.13. The number of aryl methyl sites for hydroxylation is 1. The second kappa shape index (κ2) is 7.96. The summed E-state index contributed by atoms with van der Waals surface area (Å²) in [6.07, 6.45) is 1.02. The Morgan fingerprint density at radius 2 is 1.87 bits per heavy atom. The summed E-state index contributed by atoms with van der Waals surface area (Å²) in [4.78, 5) is 41.9. The molecule has 0 radical (unpaired) electrons. The van der Waals surface area contributed by atoms with Crippen LogP contribution in [0.2, 0.25) is 0 Å². The van der Waals surface area contributed by atoms with Crippen molar-refractivity contribution in [2.45, 2.75) is 32.4 Å². The highest BCUT2D eigenvalue weighted by atomic mass is 16.2. The molecule has 2 bridgehead atoms. The number of hydrogen-bond acceptors (Lipinski definition) is 4. The molecule has 1 N–H and O–H groups in total. The molecule has 1 aromatic heterocycles. The molecule has 3 aliphatic rings. The molecule has 0 unspecified atom stereocenters. The lowest BCUT2D eigenvalue weighted by Crippen LogP contribution is -2.50. The highest BCUT2D eigenvalue weighted by Crippen LogP contribution is 2.35. The summed E-state index contributed by atoms with van der Waals surface area (Å²) >= 11 is 0. The van der Waals surface area contributed by atoms with E-state index in [0.29, 0.717) is 39.3 Å². The molecule has 162 valence electrons. The standard InChI is InChI=1S/C24H28N4O3/c1-16-2-4-18(5-3-16)23(30)27-11-17-10-20(14-27)21-7-6-19(24(31)28(21)12-17)13-26-9-8-25-22(29)15-26/h2-7,17,20H,8-15H2,1H3,(H,25,29)/t17-,20+/m0/s1. The van der Waals surface area contributed by atoms with E-state index in [0.717, 1.165) is 35.3 Å². The fraction of sp³-hybridized carbons (Fsp3) is 0.458. The molecule has 3 aliphatic heterocycles. The summed E-state index contributed by atoms with van der Waals surface area (Å²) in [7, 11) is 0. The Kier molecular flexibility index (Phi) is 5.14. The first-order valence-electron chi connectivity index (χ1n) is 11.1. The van der Waals surface area contributed by atoms with Gasteiger partial charge in [-0.05, 0) is 37.5 Å². The van der Waals surface area contributed by atoms with Gasteiger partial charge in [0.15, 0.2) is 0 Å². The SMILES string of the molecule is Cc1ccc(C(=O)N2C[C@@H]3C[C@H](C2)c2ccc(CN4CCNC(=O)C4)c(=O)n2C3)cc1.